The highest BCUT2D eigenvalue weighted by atomic mass is 35.5. The normalized spacial score (nSPS) is 30.9. The lowest BCUT2D eigenvalue weighted by atomic mass is 9.64. The molecule has 0 aromatic carbocycles. The van der Waals surface area contributed by atoms with Crippen LogP contribution in [0.2, 0.25) is 0 Å². The van der Waals surface area contributed by atoms with E-state index in [2.05, 4.69) is 31.4 Å². The Morgan fingerprint density at radius 2 is 2.24 bits per heavy atom. The van der Waals surface area contributed by atoms with Crippen LogP contribution in [-0.2, 0) is 14.3 Å². The van der Waals surface area contributed by atoms with Crippen LogP contribution in [0.4, 0.5) is 0 Å². The molecule has 21 heavy (non-hydrogen) atoms. The maximum absolute atomic E-state index is 12.1. The van der Waals surface area contributed by atoms with Crippen molar-refractivity contribution in [1.82, 2.24) is 10.6 Å². The lowest BCUT2D eigenvalue weighted by Gasteiger charge is -2.52. The summed E-state index contributed by atoms with van der Waals surface area (Å²) in [6, 6.07) is 0.187. The average Bonchev–Trinajstić information content (AvgIpc) is 2.46. The van der Waals surface area contributed by atoms with Gasteiger partial charge in [-0.25, -0.2) is 0 Å². The third-order valence-corrected chi connectivity index (χ3v) is 4.53. The Morgan fingerprint density at radius 3 is 2.81 bits per heavy atom. The highest BCUT2D eigenvalue weighted by molar-refractivity contribution is 5.85. The van der Waals surface area contributed by atoms with Crippen molar-refractivity contribution in [1.29, 1.82) is 0 Å². The van der Waals surface area contributed by atoms with E-state index in [4.69, 9.17) is 9.47 Å². The number of halogens is 1. The van der Waals surface area contributed by atoms with E-state index in [1.165, 1.54) is 0 Å². The van der Waals surface area contributed by atoms with E-state index in [0.29, 0.717) is 13.2 Å². The van der Waals surface area contributed by atoms with E-state index in [1.807, 2.05) is 0 Å². The number of hydrogen-bond acceptors (Lipinski definition) is 4. The Hall–Kier alpha value is -0.360. The van der Waals surface area contributed by atoms with Crippen molar-refractivity contribution >= 4 is 18.3 Å². The minimum absolute atomic E-state index is 0. The minimum atomic E-state index is -0.348. The smallest absolute Gasteiger partial charge is 0.250 e. The van der Waals surface area contributed by atoms with Crippen molar-refractivity contribution in [3.8, 4) is 0 Å². The monoisotopic (exact) mass is 320 g/mol. The summed E-state index contributed by atoms with van der Waals surface area (Å²) in [5, 5.41) is 6.29. The van der Waals surface area contributed by atoms with Gasteiger partial charge in [-0.15, -0.1) is 12.4 Å². The Balaban J connectivity index is 0.00000220. The maximum Gasteiger partial charge on any atom is 0.250 e. The fourth-order valence-electron chi connectivity index (χ4n) is 2.78. The van der Waals surface area contributed by atoms with Gasteiger partial charge >= 0.3 is 0 Å². The summed E-state index contributed by atoms with van der Waals surface area (Å²) in [5.41, 5.74) is 0.00545. The Bertz CT molecular complexity index is 333. The number of morpholine rings is 1. The molecule has 6 heteroatoms. The molecular formula is C15H29ClN2O3. The van der Waals surface area contributed by atoms with Gasteiger partial charge in [0.2, 0.25) is 0 Å². The summed E-state index contributed by atoms with van der Waals surface area (Å²) in [6.07, 6.45) is 3.07. The maximum atomic E-state index is 12.1. The van der Waals surface area contributed by atoms with E-state index in [1.54, 1.807) is 0 Å². The van der Waals surface area contributed by atoms with Crippen LogP contribution in [0.3, 0.4) is 0 Å². The Labute approximate surface area is 133 Å². The van der Waals surface area contributed by atoms with Crippen molar-refractivity contribution in [3.63, 3.8) is 0 Å². The molecule has 1 aliphatic heterocycles. The molecule has 5 nitrogen and oxygen atoms in total. The molecule has 2 rings (SSSR count). The molecule has 1 saturated heterocycles. The molecule has 0 aromatic heterocycles. The average molecular weight is 321 g/mol. The number of carbonyl (C=O) groups excluding carboxylic acids is 1. The number of carbonyl (C=O) groups is 1. The molecule has 1 aliphatic carbocycles. The number of ether oxygens (including phenoxy) is 2. The molecule has 0 aromatic rings. The molecule has 124 valence electrons. The molecule has 0 bridgehead atoms. The number of amides is 1. The van der Waals surface area contributed by atoms with Crippen molar-refractivity contribution < 1.29 is 14.3 Å². The first-order valence-electron chi connectivity index (χ1n) is 7.80. The van der Waals surface area contributed by atoms with Gasteiger partial charge in [-0.05, 0) is 12.8 Å². The molecule has 3 atom stereocenters. The first-order valence-corrected chi connectivity index (χ1v) is 7.80. The summed E-state index contributed by atoms with van der Waals surface area (Å²) in [5.74, 6) is 0.00211. The molecule has 1 amide bonds. The summed E-state index contributed by atoms with van der Waals surface area (Å²) in [7, 11) is 0. The predicted molar refractivity (Wildman–Crippen MR) is 84.8 cm³/mol. The van der Waals surface area contributed by atoms with Crippen LogP contribution in [0.5, 0.6) is 0 Å². The second-order valence-electron chi connectivity index (χ2n) is 6.39. The number of nitrogens with one attached hydrogen (secondary N) is 2. The standard InChI is InChI=1S/C15H28N2O3.ClH/c1-4-5-7-20-13-9-12(15(13,2)3)17-14(18)11-10-16-6-8-19-11;/h11-13,16H,4-10H2,1-3H3,(H,17,18);1H. The first kappa shape index (κ1) is 18.7. The van der Waals surface area contributed by atoms with Crippen LogP contribution in [-0.4, -0.2) is 50.5 Å². The molecule has 2 fully saturated rings. The van der Waals surface area contributed by atoms with Crippen LogP contribution in [0.25, 0.3) is 0 Å². The second kappa shape index (κ2) is 8.32. The van der Waals surface area contributed by atoms with Crippen LogP contribution < -0.4 is 10.6 Å². The van der Waals surface area contributed by atoms with Gasteiger partial charge in [0.05, 0.1) is 12.7 Å². The fourth-order valence-corrected chi connectivity index (χ4v) is 2.78. The highest BCUT2D eigenvalue weighted by Gasteiger charge is 2.50. The van der Waals surface area contributed by atoms with Crippen LogP contribution in [0, 0.1) is 5.41 Å². The first-order chi connectivity index (χ1) is 9.55. The van der Waals surface area contributed by atoms with Gasteiger partial charge < -0.3 is 20.1 Å². The summed E-state index contributed by atoms with van der Waals surface area (Å²) in [4.78, 5) is 12.1. The Morgan fingerprint density at radius 1 is 1.48 bits per heavy atom. The lowest BCUT2D eigenvalue weighted by molar-refractivity contribution is -0.147. The minimum Gasteiger partial charge on any atom is -0.378 e. The van der Waals surface area contributed by atoms with Gasteiger partial charge in [0.15, 0.2) is 0 Å². The number of unbranched alkanes of at least 4 members (excludes halogenated alkanes) is 1. The van der Waals surface area contributed by atoms with E-state index < -0.39 is 0 Å². The summed E-state index contributed by atoms with van der Waals surface area (Å²) < 4.78 is 11.4. The van der Waals surface area contributed by atoms with E-state index in [9.17, 15) is 4.79 Å². The van der Waals surface area contributed by atoms with Crippen molar-refractivity contribution in [3.05, 3.63) is 0 Å². The van der Waals surface area contributed by atoms with Gasteiger partial charge in [-0.1, -0.05) is 27.2 Å². The van der Waals surface area contributed by atoms with Gasteiger partial charge in [0.25, 0.3) is 5.91 Å². The Kier molecular flexibility index (Phi) is 7.40. The molecule has 1 saturated carbocycles. The van der Waals surface area contributed by atoms with Gasteiger partial charge in [0.1, 0.15) is 6.10 Å². The van der Waals surface area contributed by atoms with E-state index in [-0.39, 0.29) is 42.0 Å². The van der Waals surface area contributed by atoms with E-state index >= 15 is 0 Å². The second-order valence-corrected chi connectivity index (χ2v) is 6.39. The van der Waals surface area contributed by atoms with Crippen LogP contribution >= 0.6 is 12.4 Å². The van der Waals surface area contributed by atoms with Crippen molar-refractivity contribution in [2.24, 2.45) is 5.41 Å². The molecule has 2 aliphatic rings. The zero-order valence-corrected chi connectivity index (χ0v) is 14.1. The topological polar surface area (TPSA) is 59.6 Å². The van der Waals surface area contributed by atoms with Gasteiger partial charge in [-0.3, -0.25) is 4.79 Å². The van der Waals surface area contributed by atoms with Crippen molar-refractivity contribution in [2.75, 3.05) is 26.3 Å². The van der Waals surface area contributed by atoms with Crippen LogP contribution in [0.1, 0.15) is 40.0 Å². The van der Waals surface area contributed by atoms with Gasteiger partial charge in [0, 0.05) is 31.2 Å². The van der Waals surface area contributed by atoms with Gasteiger partial charge in [-0.2, -0.15) is 0 Å². The third-order valence-electron chi connectivity index (χ3n) is 4.53. The van der Waals surface area contributed by atoms with Crippen LogP contribution in [0.15, 0.2) is 0 Å². The van der Waals surface area contributed by atoms with E-state index in [0.717, 1.165) is 32.4 Å². The molecule has 0 radical (unpaired) electrons. The summed E-state index contributed by atoms with van der Waals surface area (Å²) >= 11 is 0. The zero-order valence-electron chi connectivity index (χ0n) is 13.3. The number of rotatable bonds is 6. The van der Waals surface area contributed by atoms with Crippen molar-refractivity contribution in [2.45, 2.75) is 58.3 Å². The molecular weight excluding hydrogens is 292 g/mol. The largest absolute Gasteiger partial charge is 0.378 e. The predicted octanol–water partition coefficient (Wildman–Crippen LogP) is 1.50. The highest BCUT2D eigenvalue weighted by Crippen LogP contribution is 2.42. The third kappa shape index (κ3) is 4.55. The SMILES string of the molecule is CCCCOC1CC(NC(=O)C2CNCCO2)C1(C)C.Cl. The number of hydrogen-bond donors (Lipinski definition) is 2. The zero-order chi connectivity index (χ0) is 14.6. The summed E-state index contributed by atoms with van der Waals surface area (Å²) in [6.45, 7) is 9.35. The fraction of sp³-hybridized carbons (Fsp3) is 0.933. The lowest BCUT2D eigenvalue weighted by Crippen LogP contribution is -2.64. The molecule has 3 unspecified atom stereocenters. The molecule has 2 N–H and O–H groups in total. The quantitative estimate of drug-likeness (QED) is 0.728. The molecule has 0 spiro atoms. The molecule has 1 heterocycles.